The highest BCUT2D eigenvalue weighted by atomic mass is 15.1. The van der Waals surface area contributed by atoms with Gasteiger partial charge in [-0.2, -0.15) is 0 Å². The average Bonchev–Trinajstić information content (AvgIpc) is 3.08. The zero-order valence-corrected chi connectivity index (χ0v) is 26.3. The average molecular weight is 588 g/mol. The van der Waals surface area contributed by atoms with E-state index in [1.807, 2.05) is 0 Å². The van der Waals surface area contributed by atoms with Crippen LogP contribution in [0.3, 0.4) is 0 Å². The van der Waals surface area contributed by atoms with Crippen LogP contribution in [0.4, 0.5) is 17.1 Å². The summed E-state index contributed by atoms with van der Waals surface area (Å²) in [4.78, 5) is 2.44. The molecule has 1 nitrogen and oxygen atoms in total. The molecule has 46 heavy (non-hydrogen) atoms. The summed E-state index contributed by atoms with van der Waals surface area (Å²) in [6.07, 6.45) is 0. The lowest BCUT2D eigenvalue weighted by Gasteiger charge is -2.30. The highest BCUT2D eigenvalue weighted by molar-refractivity contribution is 6.30. The van der Waals surface area contributed by atoms with E-state index in [4.69, 9.17) is 0 Å². The Kier molecular flexibility index (Phi) is 5.92. The van der Waals surface area contributed by atoms with Gasteiger partial charge in [-0.15, -0.1) is 0 Å². The zero-order valence-electron chi connectivity index (χ0n) is 26.3. The Balaban J connectivity index is 1.44. The Bertz CT molecular complexity index is 2520. The van der Waals surface area contributed by atoms with Crippen LogP contribution in [-0.4, -0.2) is 0 Å². The molecule has 1 heteroatoms. The Hall–Kier alpha value is -5.66. The summed E-state index contributed by atoms with van der Waals surface area (Å²) in [6.45, 7) is 6.62. The summed E-state index contributed by atoms with van der Waals surface area (Å²) in [6, 6.07) is 54.0. The smallest absolute Gasteiger partial charge is 0.0618 e. The van der Waals surface area contributed by atoms with Crippen LogP contribution in [0, 0.1) is 20.8 Å². The van der Waals surface area contributed by atoms with Crippen LogP contribution in [0.15, 0.2) is 146 Å². The summed E-state index contributed by atoms with van der Waals surface area (Å²) in [5.74, 6) is 0. The quantitative estimate of drug-likeness (QED) is 0.146. The molecule has 9 aromatic rings. The third kappa shape index (κ3) is 3.95. The minimum absolute atomic E-state index is 1.14. The molecule has 0 aliphatic rings. The van der Waals surface area contributed by atoms with Gasteiger partial charge in [-0.1, -0.05) is 127 Å². The number of hydrogen-bond acceptors (Lipinski definition) is 1. The van der Waals surface area contributed by atoms with E-state index in [0.29, 0.717) is 0 Å². The van der Waals surface area contributed by atoms with Gasteiger partial charge in [-0.05, 0) is 110 Å². The van der Waals surface area contributed by atoms with Gasteiger partial charge in [0.05, 0.1) is 5.69 Å². The van der Waals surface area contributed by atoms with E-state index in [2.05, 4.69) is 171 Å². The maximum absolute atomic E-state index is 2.44. The molecule has 0 saturated carbocycles. The first-order valence-corrected chi connectivity index (χ1v) is 16.1. The molecule has 0 bridgehead atoms. The Morgan fingerprint density at radius 1 is 0.391 bits per heavy atom. The molecule has 0 N–H and O–H groups in total. The van der Waals surface area contributed by atoms with Crippen LogP contribution >= 0.6 is 0 Å². The van der Waals surface area contributed by atoms with Gasteiger partial charge in [0.15, 0.2) is 0 Å². The largest absolute Gasteiger partial charge is 0.309 e. The van der Waals surface area contributed by atoms with E-state index in [1.165, 1.54) is 87.4 Å². The van der Waals surface area contributed by atoms with Crippen LogP contribution in [0.5, 0.6) is 0 Å². The highest BCUT2D eigenvalue weighted by Gasteiger charge is 2.23. The summed E-state index contributed by atoms with van der Waals surface area (Å²) >= 11 is 0. The third-order valence-corrected chi connectivity index (χ3v) is 9.77. The fourth-order valence-corrected chi connectivity index (χ4v) is 7.77. The molecular weight excluding hydrogens is 555 g/mol. The van der Waals surface area contributed by atoms with Crippen molar-refractivity contribution < 1.29 is 0 Å². The molecule has 0 aliphatic heterocycles. The molecular formula is C45H33N. The second kappa shape index (κ2) is 10.2. The Morgan fingerprint density at radius 3 is 1.57 bits per heavy atom. The third-order valence-electron chi connectivity index (χ3n) is 9.77. The molecule has 0 atom stereocenters. The van der Waals surface area contributed by atoms with E-state index in [0.717, 1.165) is 11.4 Å². The second-order valence-corrected chi connectivity index (χ2v) is 12.7. The zero-order chi connectivity index (χ0) is 30.9. The number of benzene rings is 9. The molecule has 0 aromatic heterocycles. The Labute approximate surface area is 269 Å². The van der Waals surface area contributed by atoms with Crippen LogP contribution in [0.2, 0.25) is 0 Å². The van der Waals surface area contributed by atoms with E-state index in [-0.39, 0.29) is 0 Å². The van der Waals surface area contributed by atoms with Crippen LogP contribution in [0.1, 0.15) is 16.7 Å². The minimum Gasteiger partial charge on any atom is -0.309 e. The molecule has 9 aromatic carbocycles. The topological polar surface area (TPSA) is 3.24 Å². The molecule has 0 amide bonds. The van der Waals surface area contributed by atoms with Crippen molar-refractivity contribution in [2.24, 2.45) is 0 Å². The number of hydrogen-bond donors (Lipinski definition) is 0. The monoisotopic (exact) mass is 587 g/mol. The minimum atomic E-state index is 1.14. The molecule has 0 unspecified atom stereocenters. The fraction of sp³-hybridized carbons (Fsp3) is 0.0667. The molecule has 9 rings (SSSR count). The molecule has 218 valence electrons. The number of para-hydroxylation sites is 1. The number of rotatable bonds is 4. The standard InChI is InChI=1S/C45H33N/c1-28-17-21-34(22-18-28)46(33-11-5-4-6-12-33)45-39-15-9-7-13-36(39)43(37-14-8-10-16-40(37)45)41-27-30(3)35-23-19-31-25-29(2)26-32-20-24-38(41)44(35)42(31)32/h4-27H,1-3H3. The number of anilines is 3. The van der Waals surface area contributed by atoms with Crippen molar-refractivity contribution >= 4 is 70.9 Å². The van der Waals surface area contributed by atoms with E-state index < -0.39 is 0 Å². The predicted octanol–water partition coefficient (Wildman–Crippen LogP) is 13.0. The molecule has 0 saturated heterocycles. The van der Waals surface area contributed by atoms with Gasteiger partial charge in [0.2, 0.25) is 0 Å². The summed E-state index contributed by atoms with van der Waals surface area (Å²) in [5.41, 5.74) is 9.94. The number of nitrogens with zero attached hydrogens (tertiary/aromatic N) is 1. The van der Waals surface area contributed by atoms with Gasteiger partial charge >= 0.3 is 0 Å². The van der Waals surface area contributed by atoms with Crippen molar-refractivity contribution in [2.75, 3.05) is 4.90 Å². The second-order valence-electron chi connectivity index (χ2n) is 12.7. The summed E-state index contributed by atoms with van der Waals surface area (Å²) in [7, 11) is 0. The molecule has 0 fully saturated rings. The van der Waals surface area contributed by atoms with E-state index in [9.17, 15) is 0 Å². The Morgan fingerprint density at radius 2 is 0.935 bits per heavy atom. The van der Waals surface area contributed by atoms with Crippen molar-refractivity contribution in [1.29, 1.82) is 0 Å². The maximum Gasteiger partial charge on any atom is 0.0618 e. The van der Waals surface area contributed by atoms with Gasteiger partial charge in [0, 0.05) is 22.1 Å². The number of fused-ring (bicyclic) bond motifs is 2. The lowest BCUT2D eigenvalue weighted by atomic mass is 9.84. The normalized spacial score (nSPS) is 11.8. The van der Waals surface area contributed by atoms with Crippen molar-refractivity contribution in [1.82, 2.24) is 0 Å². The fourth-order valence-electron chi connectivity index (χ4n) is 7.77. The molecule has 0 heterocycles. The first kappa shape index (κ1) is 26.7. The molecule has 0 radical (unpaired) electrons. The first-order chi connectivity index (χ1) is 22.6. The van der Waals surface area contributed by atoms with Crippen LogP contribution < -0.4 is 4.90 Å². The van der Waals surface area contributed by atoms with E-state index >= 15 is 0 Å². The van der Waals surface area contributed by atoms with Crippen molar-refractivity contribution in [3.8, 4) is 11.1 Å². The van der Waals surface area contributed by atoms with Crippen LogP contribution in [0.25, 0.3) is 65.0 Å². The van der Waals surface area contributed by atoms with Gasteiger partial charge in [0.25, 0.3) is 0 Å². The lowest BCUT2D eigenvalue weighted by Crippen LogP contribution is -2.11. The summed E-state index contributed by atoms with van der Waals surface area (Å²) < 4.78 is 0. The first-order valence-electron chi connectivity index (χ1n) is 16.1. The van der Waals surface area contributed by atoms with Gasteiger partial charge in [-0.3, -0.25) is 0 Å². The van der Waals surface area contributed by atoms with Crippen molar-refractivity contribution in [2.45, 2.75) is 20.8 Å². The van der Waals surface area contributed by atoms with Crippen LogP contribution in [-0.2, 0) is 0 Å². The molecule has 0 spiro atoms. The van der Waals surface area contributed by atoms with Gasteiger partial charge in [0.1, 0.15) is 0 Å². The number of aryl methyl sites for hydroxylation is 3. The van der Waals surface area contributed by atoms with Gasteiger partial charge in [-0.25, -0.2) is 0 Å². The van der Waals surface area contributed by atoms with Crippen molar-refractivity contribution in [3.63, 3.8) is 0 Å². The van der Waals surface area contributed by atoms with Crippen molar-refractivity contribution in [3.05, 3.63) is 162 Å². The highest BCUT2D eigenvalue weighted by Crippen LogP contribution is 2.50. The molecule has 0 aliphatic carbocycles. The van der Waals surface area contributed by atoms with E-state index in [1.54, 1.807) is 0 Å². The lowest BCUT2D eigenvalue weighted by molar-refractivity contribution is 1.30. The predicted molar refractivity (Wildman–Crippen MR) is 199 cm³/mol. The SMILES string of the molecule is Cc1ccc(N(c2ccccc2)c2c3ccccc3c(-c3cc(C)c4ccc5cc(C)cc6ccc3c4c56)c3ccccc23)cc1. The maximum atomic E-state index is 2.44. The van der Waals surface area contributed by atoms with Gasteiger partial charge < -0.3 is 4.90 Å². The summed E-state index contributed by atoms with van der Waals surface area (Å²) in [5, 5.41) is 13.0.